The molecule has 0 spiro atoms. The van der Waals surface area contributed by atoms with Gasteiger partial charge in [-0.05, 0) is 36.6 Å². The van der Waals surface area contributed by atoms with E-state index >= 15 is 0 Å². The van der Waals surface area contributed by atoms with Crippen LogP contribution >= 0.6 is 0 Å². The number of hydrogen-bond donors (Lipinski definition) is 2. The number of aliphatic hydroxyl groups is 2. The lowest BCUT2D eigenvalue weighted by molar-refractivity contribution is -0.153. The van der Waals surface area contributed by atoms with Gasteiger partial charge >= 0.3 is 13.3 Å². The maximum Gasteiger partial charge on any atom is 0.636 e. The van der Waals surface area contributed by atoms with Crippen LogP contribution < -0.4 is 14.9 Å². The summed E-state index contributed by atoms with van der Waals surface area (Å²) in [5.41, 5.74) is 2.02. The zero-order valence-corrected chi connectivity index (χ0v) is 17.6. The molecule has 2 aliphatic rings. The molecule has 0 amide bonds. The van der Waals surface area contributed by atoms with Gasteiger partial charge in [0.25, 0.3) is 11.9 Å². The lowest BCUT2D eigenvalue weighted by atomic mass is 9.79. The number of halogens is 3. The maximum atomic E-state index is 12.5. The van der Waals surface area contributed by atoms with Crippen LogP contribution in [0.3, 0.4) is 0 Å². The van der Waals surface area contributed by atoms with Crippen LogP contribution in [0.1, 0.15) is 23.7 Å². The highest BCUT2D eigenvalue weighted by molar-refractivity contribution is 6.61. The van der Waals surface area contributed by atoms with E-state index in [-0.39, 0.29) is 11.9 Å². The summed E-state index contributed by atoms with van der Waals surface area (Å²) in [7, 11) is 0.499. The molecule has 1 heterocycles. The van der Waals surface area contributed by atoms with E-state index in [0.29, 0.717) is 29.6 Å². The molecule has 4 rings (SSSR count). The molecule has 0 aromatic heterocycles. The smallest absolute Gasteiger partial charge is 0.494 e. The molecule has 33 heavy (non-hydrogen) atoms. The molecule has 0 saturated carbocycles. The first-order valence-corrected chi connectivity index (χ1v) is 10.1. The predicted octanol–water partition coefficient (Wildman–Crippen LogP) is 4.08. The molecule has 1 atom stereocenters. The molecule has 0 radical (unpaired) electrons. The van der Waals surface area contributed by atoms with E-state index in [2.05, 4.69) is 0 Å². The Labute approximate surface area is 188 Å². The fourth-order valence-electron chi connectivity index (χ4n) is 3.69. The van der Waals surface area contributed by atoms with E-state index in [1.54, 1.807) is 37.4 Å². The highest BCUT2D eigenvalue weighted by Gasteiger charge is 2.32. The van der Waals surface area contributed by atoms with Crippen LogP contribution in [0.15, 0.2) is 66.8 Å². The van der Waals surface area contributed by atoms with Crippen LogP contribution in [0, 0.1) is 0 Å². The second kappa shape index (κ2) is 9.09. The number of nitrogens with zero attached hydrogens (tertiary/aromatic N) is 1. The lowest BCUT2D eigenvalue weighted by Crippen LogP contribution is -2.37. The van der Waals surface area contributed by atoms with Crippen molar-refractivity contribution in [2.45, 2.75) is 25.1 Å². The Bertz CT molecular complexity index is 1040. The van der Waals surface area contributed by atoms with Crippen molar-refractivity contribution in [2.75, 3.05) is 13.7 Å². The van der Waals surface area contributed by atoms with Gasteiger partial charge in [-0.3, -0.25) is 0 Å². The van der Waals surface area contributed by atoms with Gasteiger partial charge in [-0.1, -0.05) is 24.3 Å². The minimum atomic E-state index is -4.40. The summed E-state index contributed by atoms with van der Waals surface area (Å²) in [4.78, 5) is 1.37. The minimum Gasteiger partial charge on any atom is -0.494 e. The Hall–Kier alpha value is -3.63. The summed E-state index contributed by atoms with van der Waals surface area (Å²) in [5, 5.41) is 19.7. The molecule has 11 heteroatoms. The monoisotopic (exact) mass is 463 g/mol. The fourth-order valence-corrected chi connectivity index (χ4v) is 3.69. The fraction of sp³-hybridized carbons (Fsp3) is 0.273. The van der Waals surface area contributed by atoms with Gasteiger partial charge in [-0.15, -0.1) is 0 Å². The van der Waals surface area contributed by atoms with Gasteiger partial charge in [0.2, 0.25) is 0 Å². The quantitative estimate of drug-likeness (QED) is 0.647. The van der Waals surface area contributed by atoms with Crippen LogP contribution in [0.5, 0.6) is 11.5 Å². The summed E-state index contributed by atoms with van der Waals surface area (Å²) in [5.74, 6) is -0.0325. The molecule has 7 nitrogen and oxygen atoms in total. The van der Waals surface area contributed by atoms with Crippen molar-refractivity contribution in [1.29, 1.82) is 0 Å². The van der Waals surface area contributed by atoms with E-state index in [1.807, 2.05) is 6.07 Å². The van der Waals surface area contributed by atoms with Gasteiger partial charge < -0.3 is 33.9 Å². The molecular weight excluding hydrogens is 442 g/mol. The van der Waals surface area contributed by atoms with Gasteiger partial charge in [0, 0.05) is 18.1 Å². The normalized spacial score (nSPS) is 19.8. The SMILES string of the molecule is CN1C=C(O)OB(c2ccc(OC3CCc4c(OCC(F)(F)F)cccc43)cc2)O/C(O)=C\1. The van der Waals surface area contributed by atoms with Gasteiger partial charge in [-0.2, -0.15) is 13.2 Å². The number of aliphatic hydroxyl groups excluding tert-OH is 2. The topological polar surface area (TPSA) is 80.6 Å². The molecule has 174 valence electrons. The Morgan fingerprint density at radius 1 is 1.06 bits per heavy atom. The summed E-state index contributed by atoms with van der Waals surface area (Å²) < 4.78 is 59.2. The maximum absolute atomic E-state index is 12.5. The van der Waals surface area contributed by atoms with Crippen molar-refractivity contribution in [1.82, 2.24) is 4.90 Å². The van der Waals surface area contributed by atoms with Crippen molar-refractivity contribution in [3.63, 3.8) is 0 Å². The van der Waals surface area contributed by atoms with Gasteiger partial charge in [0.1, 0.15) is 17.6 Å². The standard InChI is InChI=1S/C22H21BF3NO6/c1-27-11-20(28)32-23(33-21(29)12-27)14-5-7-15(8-6-14)31-19-10-9-17-16(19)3-2-4-18(17)30-13-22(24,25)26/h2-8,11-12,19,28-29H,9-10,13H2,1H3/b20-11-,21-12?. The van der Waals surface area contributed by atoms with E-state index < -0.39 is 31.8 Å². The third-order valence-corrected chi connectivity index (χ3v) is 5.08. The molecule has 1 aliphatic heterocycles. The number of fused-ring (bicyclic) bond motifs is 1. The van der Waals surface area contributed by atoms with Gasteiger partial charge in [0.15, 0.2) is 6.61 Å². The van der Waals surface area contributed by atoms with Crippen molar-refractivity contribution < 1.29 is 42.2 Å². The van der Waals surface area contributed by atoms with Crippen LogP contribution in [-0.2, 0) is 15.7 Å². The van der Waals surface area contributed by atoms with Gasteiger partial charge in [0.05, 0.1) is 12.4 Å². The molecule has 2 aromatic carbocycles. The number of ether oxygens (including phenoxy) is 2. The van der Waals surface area contributed by atoms with Crippen LogP contribution in [-0.4, -0.2) is 42.1 Å². The second-order valence-electron chi connectivity index (χ2n) is 7.61. The van der Waals surface area contributed by atoms with Crippen molar-refractivity contribution in [3.8, 4) is 11.5 Å². The molecule has 0 bridgehead atoms. The van der Waals surface area contributed by atoms with E-state index in [4.69, 9.17) is 18.8 Å². The summed E-state index contributed by atoms with van der Waals surface area (Å²) in [6.07, 6.45) is -1.05. The number of rotatable bonds is 5. The zero-order valence-electron chi connectivity index (χ0n) is 17.6. The highest BCUT2D eigenvalue weighted by Crippen LogP contribution is 2.39. The second-order valence-corrected chi connectivity index (χ2v) is 7.61. The van der Waals surface area contributed by atoms with Gasteiger partial charge in [-0.25, -0.2) is 0 Å². The number of hydrogen-bond acceptors (Lipinski definition) is 7. The summed E-state index contributed by atoms with van der Waals surface area (Å²) in [6, 6.07) is 11.7. The average molecular weight is 463 g/mol. The first kappa shape index (κ1) is 22.6. The number of benzene rings is 2. The predicted molar refractivity (Wildman–Crippen MR) is 113 cm³/mol. The first-order chi connectivity index (χ1) is 15.7. The first-order valence-electron chi connectivity index (χ1n) is 10.1. The van der Waals surface area contributed by atoms with E-state index in [9.17, 15) is 23.4 Å². The third-order valence-electron chi connectivity index (χ3n) is 5.08. The Kier molecular flexibility index (Phi) is 6.21. The highest BCUT2D eigenvalue weighted by atomic mass is 19.4. The van der Waals surface area contributed by atoms with Crippen molar-refractivity contribution in [2.24, 2.45) is 0 Å². The average Bonchev–Trinajstić information content (AvgIpc) is 3.14. The number of alkyl halides is 3. The van der Waals surface area contributed by atoms with Crippen LogP contribution in [0.4, 0.5) is 13.2 Å². The molecule has 1 aliphatic carbocycles. The third kappa shape index (κ3) is 5.60. The molecule has 2 N–H and O–H groups in total. The minimum absolute atomic E-state index is 0.219. The van der Waals surface area contributed by atoms with Crippen LogP contribution in [0.25, 0.3) is 0 Å². The Balaban J connectivity index is 1.45. The summed E-state index contributed by atoms with van der Waals surface area (Å²) >= 11 is 0. The largest absolute Gasteiger partial charge is 0.636 e. The van der Waals surface area contributed by atoms with E-state index in [1.165, 1.54) is 23.4 Å². The molecule has 0 saturated heterocycles. The summed E-state index contributed by atoms with van der Waals surface area (Å²) in [6.45, 7) is -1.34. The Morgan fingerprint density at radius 2 is 1.73 bits per heavy atom. The van der Waals surface area contributed by atoms with Crippen molar-refractivity contribution in [3.05, 3.63) is 77.9 Å². The molecule has 0 fully saturated rings. The molecular formula is C22H21BF3NO6. The molecule has 1 unspecified atom stereocenters. The van der Waals surface area contributed by atoms with Crippen molar-refractivity contribution >= 4 is 12.6 Å². The van der Waals surface area contributed by atoms with Crippen LogP contribution in [0.2, 0.25) is 0 Å². The lowest BCUT2D eigenvalue weighted by Gasteiger charge is -2.20. The molecule has 2 aromatic rings. The van der Waals surface area contributed by atoms with E-state index in [0.717, 1.165) is 5.56 Å². The zero-order chi connectivity index (χ0) is 23.6. The Morgan fingerprint density at radius 3 is 2.36 bits per heavy atom.